The van der Waals surface area contributed by atoms with Crippen LogP contribution in [0.2, 0.25) is 0 Å². The number of hydrogen-bond acceptors (Lipinski definition) is 5. The topological polar surface area (TPSA) is 72.3 Å². The first kappa shape index (κ1) is 22.6. The first-order valence-corrected chi connectivity index (χ1v) is 12.3. The summed E-state index contributed by atoms with van der Waals surface area (Å²) in [5.74, 6) is -0.457. The number of rotatable bonds is 3. The summed E-state index contributed by atoms with van der Waals surface area (Å²) in [5, 5.41) is 13.1. The van der Waals surface area contributed by atoms with Crippen LogP contribution in [-0.4, -0.2) is 60.2 Å². The normalized spacial score (nSPS) is 34.4. The fourth-order valence-corrected chi connectivity index (χ4v) is 7.17. The zero-order chi connectivity index (χ0) is 24.6. The monoisotopic (exact) mass is 483 g/mol. The van der Waals surface area contributed by atoms with Gasteiger partial charge in [0, 0.05) is 48.5 Å². The number of nitriles is 1. The molecule has 9 heteroatoms. The van der Waals surface area contributed by atoms with Crippen LogP contribution in [0.1, 0.15) is 44.1 Å². The second kappa shape index (κ2) is 7.57. The second-order valence-electron chi connectivity index (χ2n) is 10.9. The van der Waals surface area contributed by atoms with Crippen molar-refractivity contribution in [3.05, 3.63) is 36.0 Å². The molecule has 4 aliphatic rings. The lowest BCUT2D eigenvalue weighted by Crippen LogP contribution is -2.56. The van der Waals surface area contributed by atoms with E-state index in [2.05, 4.69) is 28.3 Å². The lowest BCUT2D eigenvalue weighted by atomic mass is 9.82. The van der Waals surface area contributed by atoms with Gasteiger partial charge < -0.3 is 15.1 Å². The molecule has 3 unspecified atom stereocenters. The van der Waals surface area contributed by atoms with Gasteiger partial charge in [-0.2, -0.15) is 18.4 Å². The molecule has 5 atom stereocenters. The van der Waals surface area contributed by atoms with Crippen LogP contribution in [0.4, 0.5) is 18.9 Å². The molecule has 1 aromatic carbocycles. The minimum Gasteiger partial charge on any atom is -0.369 e. The number of halogens is 3. The third kappa shape index (κ3) is 3.18. The Hall–Kier alpha value is -2.86. The van der Waals surface area contributed by atoms with Crippen molar-refractivity contribution in [1.29, 1.82) is 5.26 Å². The van der Waals surface area contributed by atoms with Gasteiger partial charge in [-0.3, -0.25) is 9.78 Å². The van der Waals surface area contributed by atoms with Gasteiger partial charge in [0.05, 0.1) is 16.5 Å². The van der Waals surface area contributed by atoms with Crippen LogP contribution in [0.25, 0.3) is 10.9 Å². The number of amides is 1. The number of hydrogen-bond donors (Lipinski definition) is 1. The maximum Gasteiger partial charge on any atom is 0.397 e. The zero-order valence-electron chi connectivity index (χ0n) is 19.6. The molecule has 1 amide bonds. The Morgan fingerprint density at radius 2 is 1.94 bits per heavy atom. The molecular weight excluding hydrogens is 455 g/mol. The predicted octanol–water partition coefficient (Wildman–Crippen LogP) is 4.00. The van der Waals surface area contributed by atoms with Crippen LogP contribution in [0.15, 0.2) is 30.5 Å². The summed E-state index contributed by atoms with van der Waals surface area (Å²) >= 11 is 0. The Morgan fingerprint density at radius 1 is 1.20 bits per heavy atom. The van der Waals surface area contributed by atoms with E-state index in [0.29, 0.717) is 34.2 Å². The number of nitrogens with zero attached hydrogens (tertiary/aromatic N) is 4. The number of nitrogens with one attached hydrogen (secondary N) is 1. The highest BCUT2D eigenvalue weighted by Crippen LogP contribution is 2.75. The average Bonchev–Trinajstić information content (AvgIpc) is 3.36. The van der Waals surface area contributed by atoms with Crippen molar-refractivity contribution in [3.63, 3.8) is 0 Å². The van der Waals surface area contributed by atoms with Gasteiger partial charge in [-0.15, -0.1) is 0 Å². The van der Waals surface area contributed by atoms with Crippen LogP contribution < -0.4 is 10.2 Å². The third-order valence-corrected chi connectivity index (χ3v) is 9.18. The van der Waals surface area contributed by atoms with Crippen molar-refractivity contribution in [1.82, 2.24) is 15.2 Å². The Labute approximate surface area is 202 Å². The lowest BCUT2D eigenvalue weighted by molar-refractivity contribution is -0.191. The van der Waals surface area contributed by atoms with Gasteiger partial charge in [-0.05, 0) is 63.4 Å². The van der Waals surface area contributed by atoms with E-state index in [4.69, 9.17) is 0 Å². The van der Waals surface area contributed by atoms with Gasteiger partial charge in [0.15, 0.2) is 0 Å². The molecule has 3 saturated heterocycles. The van der Waals surface area contributed by atoms with Gasteiger partial charge in [0.1, 0.15) is 11.5 Å². The molecule has 35 heavy (non-hydrogen) atoms. The van der Waals surface area contributed by atoms with Gasteiger partial charge in [-0.1, -0.05) is 6.42 Å². The number of carbonyl (C=O) groups is 1. The molecule has 184 valence electrons. The summed E-state index contributed by atoms with van der Waals surface area (Å²) in [7, 11) is 2.12. The number of benzene rings is 1. The number of aromatic nitrogens is 1. The van der Waals surface area contributed by atoms with Crippen molar-refractivity contribution < 1.29 is 18.0 Å². The Kier molecular flexibility index (Phi) is 4.89. The first-order valence-electron chi connectivity index (χ1n) is 12.3. The molecule has 1 saturated carbocycles. The van der Waals surface area contributed by atoms with Gasteiger partial charge >= 0.3 is 6.18 Å². The smallest absolute Gasteiger partial charge is 0.369 e. The summed E-state index contributed by atoms with van der Waals surface area (Å²) in [4.78, 5) is 21.9. The number of carbonyl (C=O) groups excluding carboxylic acids is 1. The molecule has 0 spiro atoms. The largest absolute Gasteiger partial charge is 0.397 e. The summed E-state index contributed by atoms with van der Waals surface area (Å²) in [6.45, 7) is -0.258. The quantitative estimate of drug-likeness (QED) is 0.715. The van der Waals surface area contributed by atoms with Crippen molar-refractivity contribution >= 4 is 22.5 Å². The van der Waals surface area contributed by atoms with E-state index in [1.807, 2.05) is 0 Å². The Balaban J connectivity index is 1.30. The van der Waals surface area contributed by atoms with Crippen molar-refractivity contribution in [3.8, 4) is 6.07 Å². The molecule has 2 aromatic rings. The molecule has 3 aliphatic heterocycles. The summed E-state index contributed by atoms with van der Waals surface area (Å²) in [6.07, 6.45) is 1.82. The van der Waals surface area contributed by atoms with Gasteiger partial charge in [-0.25, -0.2) is 0 Å². The molecule has 4 heterocycles. The van der Waals surface area contributed by atoms with Gasteiger partial charge in [0.25, 0.3) is 0 Å². The maximum absolute atomic E-state index is 14.5. The van der Waals surface area contributed by atoms with Crippen LogP contribution in [-0.2, 0) is 4.79 Å². The van der Waals surface area contributed by atoms with Crippen molar-refractivity contribution in [2.24, 2.45) is 10.8 Å². The average molecular weight is 484 g/mol. The summed E-state index contributed by atoms with van der Waals surface area (Å²) in [6, 6.07) is 9.55. The molecule has 2 bridgehead atoms. The minimum absolute atomic E-state index is 0.00766. The molecule has 4 fully saturated rings. The number of anilines is 1. The number of fused-ring (bicyclic) bond motifs is 4. The molecule has 6 rings (SSSR count). The van der Waals surface area contributed by atoms with E-state index >= 15 is 0 Å². The highest BCUT2D eigenvalue weighted by molar-refractivity contribution is 5.97. The zero-order valence-corrected chi connectivity index (χ0v) is 19.6. The van der Waals surface area contributed by atoms with Crippen LogP contribution in [0.5, 0.6) is 0 Å². The van der Waals surface area contributed by atoms with Crippen LogP contribution in [0.3, 0.4) is 0 Å². The molecule has 1 aromatic heterocycles. The minimum atomic E-state index is -4.48. The lowest BCUT2D eigenvalue weighted by Gasteiger charge is -2.47. The SMILES string of the molecule is CN1[C@@H]2CCC[C@H]1CC(NC(=O)C13CN(c4ccc(C#N)c5ncccc45)CC1(C(F)(F)F)C3)C2. The molecule has 1 N–H and O–H groups in total. The molecular formula is C26H28F3N5O. The summed E-state index contributed by atoms with van der Waals surface area (Å²) in [5.41, 5.74) is -2.10. The second-order valence-corrected chi connectivity index (χ2v) is 10.9. The maximum atomic E-state index is 14.5. The van der Waals surface area contributed by atoms with E-state index in [0.717, 1.165) is 25.7 Å². The molecule has 0 radical (unpaired) electrons. The standard InChI is InChI=1S/C26H28F3N5O/c1-33-18-4-2-5-19(33)11-17(10-18)32-23(35)24-13-25(24,26(27,28)29)15-34(14-24)21-8-7-16(12-30)22-20(21)6-3-9-31-22/h3,6-9,17-19H,2,4-5,10-11,13-15H2,1H3,(H,32,35)/t17?,18-,19+,24?,25?. The predicted molar refractivity (Wildman–Crippen MR) is 125 cm³/mol. The fraction of sp³-hybridized carbons (Fsp3) is 0.577. The molecule has 1 aliphatic carbocycles. The van der Waals surface area contributed by atoms with Crippen molar-refractivity contribution in [2.45, 2.75) is 62.8 Å². The number of alkyl halides is 3. The van der Waals surface area contributed by atoms with Crippen LogP contribution in [0, 0.1) is 22.2 Å². The van der Waals surface area contributed by atoms with Crippen LogP contribution >= 0.6 is 0 Å². The highest BCUT2D eigenvalue weighted by atomic mass is 19.4. The first-order chi connectivity index (χ1) is 16.7. The van der Waals surface area contributed by atoms with Crippen molar-refractivity contribution in [2.75, 3.05) is 25.0 Å². The summed E-state index contributed by atoms with van der Waals surface area (Å²) < 4.78 is 43.4. The highest BCUT2D eigenvalue weighted by Gasteiger charge is 2.86. The van der Waals surface area contributed by atoms with E-state index < -0.39 is 22.9 Å². The number of pyridine rings is 1. The van der Waals surface area contributed by atoms with Gasteiger partial charge in [0.2, 0.25) is 5.91 Å². The third-order valence-electron chi connectivity index (χ3n) is 9.18. The Morgan fingerprint density at radius 3 is 2.63 bits per heavy atom. The fourth-order valence-electron chi connectivity index (χ4n) is 7.17. The van der Waals surface area contributed by atoms with E-state index in [1.165, 1.54) is 6.42 Å². The van der Waals surface area contributed by atoms with E-state index in [1.54, 1.807) is 35.4 Å². The Bertz CT molecular complexity index is 1230. The van der Waals surface area contributed by atoms with E-state index in [9.17, 15) is 23.2 Å². The number of piperidine rings is 3. The molecule has 6 nitrogen and oxygen atoms in total. The van der Waals surface area contributed by atoms with E-state index in [-0.39, 0.29) is 25.6 Å².